The molecule has 1 aliphatic rings. The number of piperidine rings is 1. The third-order valence-corrected chi connectivity index (χ3v) is 5.76. The van der Waals surface area contributed by atoms with E-state index in [1.54, 1.807) is 6.33 Å². The van der Waals surface area contributed by atoms with Crippen molar-refractivity contribution in [3.63, 3.8) is 0 Å². The number of rotatable bonds is 9. The molecule has 0 aliphatic carbocycles. The zero-order valence-electron chi connectivity index (χ0n) is 18.1. The van der Waals surface area contributed by atoms with Crippen LogP contribution in [0.15, 0.2) is 67.0 Å². The van der Waals surface area contributed by atoms with E-state index in [-0.39, 0.29) is 0 Å². The molecule has 0 amide bonds. The Morgan fingerprint density at radius 2 is 1.45 bits per heavy atom. The molecule has 0 radical (unpaired) electrons. The fourth-order valence-electron chi connectivity index (χ4n) is 4.11. The molecule has 2 heterocycles. The summed E-state index contributed by atoms with van der Waals surface area (Å²) in [7, 11) is 0. The van der Waals surface area contributed by atoms with Crippen molar-refractivity contribution in [1.82, 2.24) is 14.9 Å². The molecular weight excluding hydrogens is 384 g/mol. The van der Waals surface area contributed by atoms with Gasteiger partial charge in [0.2, 0.25) is 0 Å². The molecule has 0 saturated carbocycles. The minimum atomic E-state index is 0.605. The molecule has 4 rings (SSSR count). The lowest BCUT2D eigenvalue weighted by atomic mass is 10.1. The van der Waals surface area contributed by atoms with Crippen LogP contribution in [0.5, 0.6) is 0 Å². The Labute approximate surface area is 185 Å². The summed E-state index contributed by atoms with van der Waals surface area (Å²) in [6.07, 6.45) is 5.56. The van der Waals surface area contributed by atoms with E-state index >= 15 is 0 Å². The van der Waals surface area contributed by atoms with Gasteiger partial charge in [0.1, 0.15) is 12.0 Å². The topological polar surface area (TPSA) is 70.3 Å². The first kappa shape index (κ1) is 21.1. The number of benzene rings is 2. The Morgan fingerprint density at radius 3 is 2.06 bits per heavy atom. The third-order valence-electron chi connectivity index (χ3n) is 5.76. The van der Waals surface area contributed by atoms with Crippen LogP contribution < -0.4 is 16.0 Å². The number of nitrogens with zero attached hydrogens (tertiary/aromatic N) is 4. The van der Waals surface area contributed by atoms with Crippen LogP contribution in [0, 0.1) is 0 Å². The van der Waals surface area contributed by atoms with Crippen LogP contribution in [0.2, 0.25) is 0 Å². The van der Waals surface area contributed by atoms with E-state index in [4.69, 9.17) is 5.73 Å². The second-order valence-corrected chi connectivity index (χ2v) is 8.12. The van der Waals surface area contributed by atoms with Gasteiger partial charge in [0, 0.05) is 26.2 Å². The van der Waals surface area contributed by atoms with Gasteiger partial charge < -0.3 is 20.9 Å². The minimum Gasteiger partial charge on any atom is -0.393 e. The van der Waals surface area contributed by atoms with Crippen molar-refractivity contribution in [3.05, 3.63) is 78.1 Å². The van der Waals surface area contributed by atoms with E-state index in [2.05, 4.69) is 73.6 Å². The number of anilines is 3. The quantitative estimate of drug-likeness (QED) is 0.546. The first-order valence-corrected chi connectivity index (χ1v) is 11.2. The molecule has 1 aromatic heterocycles. The lowest BCUT2D eigenvalue weighted by Gasteiger charge is -2.27. The van der Waals surface area contributed by atoms with E-state index in [0.717, 1.165) is 32.0 Å². The smallest absolute Gasteiger partial charge is 0.158 e. The Bertz CT molecular complexity index is 884. The number of nitrogens with one attached hydrogen (secondary N) is 1. The molecular formula is C25H32N6. The highest BCUT2D eigenvalue weighted by Crippen LogP contribution is 2.28. The fraction of sp³-hybridized carbons (Fsp3) is 0.360. The van der Waals surface area contributed by atoms with Gasteiger partial charge in [-0.25, -0.2) is 9.97 Å². The summed E-state index contributed by atoms with van der Waals surface area (Å²) in [6.45, 7) is 5.67. The first-order valence-electron chi connectivity index (χ1n) is 11.2. The maximum Gasteiger partial charge on any atom is 0.158 e. The molecule has 162 valence electrons. The molecule has 3 N–H and O–H groups in total. The highest BCUT2D eigenvalue weighted by atomic mass is 15.2. The van der Waals surface area contributed by atoms with Gasteiger partial charge in [-0.15, -0.1) is 0 Å². The Morgan fingerprint density at radius 1 is 0.839 bits per heavy atom. The van der Waals surface area contributed by atoms with Crippen LogP contribution in [-0.2, 0) is 13.1 Å². The highest BCUT2D eigenvalue weighted by Gasteiger charge is 2.17. The summed E-state index contributed by atoms with van der Waals surface area (Å²) in [5, 5.41) is 3.44. The molecule has 31 heavy (non-hydrogen) atoms. The minimum absolute atomic E-state index is 0.605. The summed E-state index contributed by atoms with van der Waals surface area (Å²) in [5.74, 6) is 1.48. The fourth-order valence-corrected chi connectivity index (χ4v) is 4.11. The summed E-state index contributed by atoms with van der Waals surface area (Å²) in [5.41, 5.74) is 9.61. The van der Waals surface area contributed by atoms with Gasteiger partial charge >= 0.3 is 0 Å². The van der Waals surface area contributed by atoms with Crippen molar-refractivity contribution >= 4 is 17.3 Å². The second kappa shape index (κ2) is 10.8. The van der Waals surface area contributed by atoms with Crippen molar-refractivity contribution in [3.8, 4) is 0 Å². The Balaban J connectivity index is 1.50. The SMILES string of the molecule is Nc1c(NCCN2CCCCC2)ncnc1N(Cc1ccccc1)Cc1ccccc1. The van der Waals surface area contributed by atoms with Crippen LogP contribution in [0.3, 0.4) is 0 Å². The average molecular weight is 417 g/mol. The van der Waals surface area contributed by atoms with E-state index in [9.17, 15) is 0 Å². The Kier molecular flexibility index (Phi) is 7.34. The maximum atomic E-state index is 6.57. The molecule has 1 fully saturated rings. The Hall–Kier alpha value is -3.12. The van der Waals surface area contributed by atoms with Crippen LogP contribution in [-0.4, -0.2) is 41.0 Å². The molecule has 0 unspecified atom stereocenters. The standard InChI is InChI=1S/C25H32N6/c26-23-24(27-14-17-30-15-8-3-9-16-30)28-20-29-25(23)31(18-21-10-4-1-5-11-21)19-22-12-6-2-7-13-22/h1-2,4-7,10-13,20H,3,8-9,14-19,26H2,(H,27,28,29). The molecule has 6 heteroatoms. The number of likely N-dealkylation sites (tertiary alicyclic amines) is 1. The number of aromatic nitrogens is 2. The lowest BCUT2D eigenvalue weighted by molar-refractivity contribution is 0.237. The number of hydrogen-bond donors (Lipinski definition) is 2. The molecule has 2 aromatic carbocycles. The third kappa shape index (κ3) is 5.95. The van der Waals surface area contributed by atoms with E-state index in [0.29, 0.717) is 11.5 Å². The van der Waals surface area contributed by atoms with Crippen LogP contribution in [0.25, 0.3) is 0 Å². The molecule has 1 saturated heterocycles. The largest absolute Gasteiger partial charge is 0.393 e. The predicted octanol–water partition coefficient (Wildman–Crippen LogP) is 4.16. The van der Waals surface area contributed by atoms with Crippen molar-refractivity contribution in [2.24, 2.45) is 0 Å². The van der Waals surface area contributed by atoms with Gasteiger partial charge in [-0.3, -0.25) is 0 Å². The molecule has 0 spiro atoms. The summed E-state index contributed by atoms with van der Waals surface area (Å²) in [4.78, 5) is 13.7. The number of nitrogen functional groups attached to an aromatic ring is 1. The molecule has 6 nitrogen and oxygen atoms in total. The van der Waals surface area contributed by atoms with Gasteiger partial charge in [0.05, 0.1) is 0 Å². The molecule has 0 atom stereocenters. The number of nitrogens with two attached hydrogens (primary N) is 1. The van der Waals surface area contributed by atoms with Gasteiger partial charge in [-0.05, 0) is 37.1 Å². The van der Waals surface area contributed by atoms with Crippen molar-refractivity contribution in [2.75, 3.05) is 42.1 Å². The van der Waals surface area contributed by atoms with Crippen molar-refractivity contribution in [1.29, 1.82) is 0 Å². The van der Waals surface area contributed by atoms with E-state index in [1.807, 2.05) is 12.1 Å². The second-order valence-electron chi connectivity index (χ2n) is 8.12. The summed E-state index contributed by atoms with van der Waals surface area (Å²) < 4.78 is 0. The highest BCUT2D eigenvalue weighted by molar-refractivity contribution is 5.75. The average Bonchev–Trinajstić information content (AvgIpc) is 2.82. The van der Waals surface area contributed by atoms with Crippen LogP contribution in [0.4, 0.5) is 17.3 Å². The van der Waals surface area contributed by atoms with Gasteiger partial charge in [-0.2, -0.15) is 0 Å². The summed E-state index contributed by atoms with van der Waals surface area (Å²) >= 11 is 0. The molecule has 3 aromatic rings. The molecule has 0 bridgehead atoms. The normalized spacial score (nSPS) is 14.3. The lowest BCUT2D eigenvalue weighted by Crippen LogP contribution is -2.34. The first-order chi connectivity index (χ1) is 15.3. The zero-order valence-corrected chi connectivity index (χ0v) is 18.1. The van der Waals surface area contributed by atoms with Crippen molar-refractivity contribution in [2.45, 2.75) is 32.4 Å². The maximum absolute atomic E-state index is 6.57. The summed E-state index contributed by atoms with van der Waals surface area (Å²) in [6, 6.07) is 20.9. The van der Waals surface area contributed by atoms with Gasteiger partial charge in [0.15, 0.2) is 11.6 Å². The zero-order chi connectivity index (χ0) is 21.3. The van der Waals surface area contributed by atoms with E-state index in [1.165, 1.54) is 43.5 Å². The molecule has 1 aliphatic heterocycles. The van der Waals surface area contributed by atoms with Crippen molar-refractivity contribution < 1.29 is 0 Å². The monoisotopic (exact) mass is 416 g/mol. The number of hydrogen-bond acceptors (Lipinski definition) is 6. The van der Waals surface area contributed by atoms with E-state index < -0.39 is 0 Å². The van der Waals surface area contributed by atoms with Gasteiger partial charge in [-0.1, -0.05) is 67.1 Å². The predicted molar refractivity (Wildman–Crippen MR) is 128 cm³/mol. The van der Waals surface area contributed by atoms with Crippen LogP contribution >= 0.6 is 0 Å². The van der Waals surface area contributed by atoms with Crippen LogP contribution in [0.1, 0.15) is 30.4 Å². The van der Waals surface area contributed by atoms with Gasteiger partial charge in [0.25, 0.3) is 0 Å².